The molecule has 3 fully saturated rings. The number of hydrogen-bond acceptors (Lipinski definition) is 4. The van der Waals surface area contributed by atoms with Gasteiger partial charge in [0, 0.05) is 48.0 Å². The van der Waals surface area contributed by atoms with E-state index in [1.807, 2.05) is 27.7 Å². The summed E-state index contributed by atoms with van der Waals surface area (Å²) in [7, 11) is 0. The Morgan fingerprint density at radius 2 is 2.00 bits per heavy atom. The van der Waals surface area contributed by atoms with Crippen molar-refractivity contribution in [3.63, 3.8) is 0 Å². The standard InChI is InChI=1S/C28H32N6O/c1-3-21-9-6-18-12-24(32(27(18)30-21)13-17-4-5-17)26-16(2)22-10-8-20(15-34(22)31-26)28(35)33-14-19-7-11-23(33)25(19)29/h6,8-10,12,15,17,19,23,25H,3-5,7,11,13-14,29H2,1-2H3/t19?,23?,25-/m1/s1. The normalized spacial score (nSPS) is 23.7. The van der Waals surface area contributed by atoms with Gasteiger partial charge >= 0.3 is 0 Å². The van der Waals surface area contributed by atoms with E-state index in [0.717, 1.165) is 77.5 Å². The van der Waals surface area contributed by atoms with Crippen molar-refractivity contribution in [3.8, 4) is 11.4 Å². The van der Waals surface area contributed by atoms with E-state index in [1.165, 1.54) is 12.8 Å². The molecule has 2 unspecified atom stereocenters. The monoisotopic (exact) mass is 468 g/mol. The number of hydrogen-bond donors (Lipinski definition) is 1. The maximum atomic E-state index is 13.4. The smallest absolute Gasteiger partial charge is 0.255 e. The maximum absolute atomic E-state index is 13.4. The Labute approximate surface area is 204 Å². The number of pyridine rings is 2. The van der Waals surface area contributed by atoms with Crippen molar-refractivity contribution >= 4 is 22.5 Å². The Kier molecular flexibility index (Phi) is 4.62. The summed E-state index contributed by atoms with van der Waals surface area (Å²) in [5.41, 5.74) is 13.4. The lowest BCUT2D eigenvalue weighted by molar-refractivity contribution is 0.0700. The third kappa shape index (κ3) is 3.24. The number of rotatable bonds is 5. The second-order valence-electron chi connectivity index (χ2n) is 10.8. The van der Waals surface area contributed by atoms with Gasteiger partial charge in [0.15, 0.2) is 0 Å². The molecule has 7 nitrogen and oxygen atoms in total. The first-order chi connectivity index (χ1) is 17.0. The van der Waals surface area contributed by atoms with Gasteiger partial charge in [-0.2, -0.15) is 5.10 Å². The van der Waals surface area contributed by atoms with E-state index in [-0.39, 0.29) is 18.0 Å². The summed E-state index contributed by atoms with van der Waals surface area (Å²) in [5, 5.41) is 6.17. The van der Waals surface area contributed by atoms with Crippen LogP contribution in [0.2, 0.25) is 0 Å². The molecule has 1 amide bonds. The number of piperidine rings is 1. The van der Waals surface area contributed by atoms with Gasteiger partial charge < -0.3 is 15.2 Å². The lowest BCUT2D eigenvalue weighted by Gasteiger charge is -2.27. The molecule has 3 atom stereocenters. The van der Waals surface area contributed by atoms with E-state index in [1.54, 1.807) is 0 Å². The molecule has 0 aromatic carbocycles. The zero-order chi connectivity index (χ0) is 23.8. The molecule has 1 aliphatic heterocycles. The molecule has 0 radical (unpaired) electrons. The fourth-order valence-corrected chi connectivity index (χ4v) is 6.29. The minimum absolute atomic E-state index is 0.0726. The highest BCUT2D eigenvalue weighted by atomic mass is 16.2. The molecule has 7 heteroatoms. The second-order valence-corrected chi connectivity index (χ2v) is 10.8. The quantitative estimate of drug-likeness (QED) is 0.476. The predicted octanol–water partition coefficient (Wildman–Crippen LogP) is 4.19. The van der Waals surface area contributed by atoms with E-state index < -0.39 is 0 Å². The number of likely N-dealkylation sites (tertiary alicyclic amines) is 1. The van der Waals surface area contributed by atoms with Gasteiger partial charge in [0.2, 0.25) is 0 Å². The average molecular weight is 469 g/mol. The fourth-order valence-electron chi connectivity index (χ4n) is 6.29. The Balaban J connectivity index is 1.30. The van der Waals surface area contributed by atoms with Crippen LogP contribution in [0.3, 0.4) is 0 Å². The van der Waals surface area contributed by atoms with Gasteiger partial charge in [0.05, 0.1) is 16.8 Å². The Morgan fingerprint density at radius 1 is 1.14 bits per heavy atom. The SMILES string of the molecule is CCc1ccc2cc(-c3nn4cc(C(=O)N5CC6CCC5[C@@H]6N)ccc4c3C)n(CC3CC3)c2n1. The lowest BCUT2D eigenvalue weighted by Crippen LogP contribution is -2.41. The Hall–Kier alpha value is -3.19. The largest absolute Gasteiger partial charge is 0.334 e. The van der Waals surface area contributed by atoms with E-state index in [0.29, 0.717) is 11.5 Å². The second kappa shape index (κ2) is 7.65. The molecule has 3 aliphatic rings. The summed E-state index contributed by atoms with van der Waals surface area (Å²) < 4.78 is 4.26. The van der Waals surface area contributed by atoms with Crippen molar-refractivity contribution in [1.29, 1.82) is 0 Å². The highest BCUT2D eigenvalue weighted by molar-refractivity contribution is 5.95. The zero-order valence-corrected chi connectivity index (χ0v) is 20.4. The van der Waals surface area contributed by atoms with E-state index >= 15 is 0 Å². The minimum atomic E-state index is 0.0726. The Bertz CT molecular complexity index is 1480. The third-order valence-electron chi connectivity index (χ3n) is 8.58. The molecule has 180 valence electrons. The van der Waals surface area contributed by atoms with Crippen LogP contribution in [-0.4, -0.2) is 48.6 Å². The lowest BCUT2D eigenvalue weighted by atomic mass is 10.1. The number of carbonyl (C=O) groups is 1. The number of aryl methyl sites for hydroxylation is 2. The molecule has 0 spiro atoms. The van der Waals surface area contributed by atoms with E-state index in [2.05, 4.69) is 36.6 Å². The van der Waals surface area contributed by atoms with Crippen LogP contribution in [0.15, 0.2) is 36.5 Å². The van der Waals surface area contributed by atoms with Crippen molar-refractivity contribution in [2.45, 2.75) is 64.6 Å². The van der Waals surface area contributed by atoms with Gasteiger partial charge in [-0.1, -0.05) is 6.92 Å². The third-order valence-corrected chi connectivity index (χ3v) is 8.58. The van der Waals surface area contributed by atoms with E-state index in [9.17, 15) is 4.79 Å². The molecular weight excluding hydrogens is 436 g/mol. The topological polar surface area (TPSA) is 81.5 Å². The summed E-state index contributed by atoms with van der Waals surface area (Å²) in [5.74, 6) is 1.24. The van der Waals surface area contributed by atoms with E-state index in [4.69, 9.17) is 15.8 Å². The maximum Gasteiger partial charge on any atom is 0.255 e. The first-order valence-electron chi connectivity index (χ1n) is 13.1. The van der Waals surface area contributed by atoms with Crippen LogP contribution >= 0.6 is 0 Å². The highest BCUT2D eigenvalue weighted by Gasteiger charge is 2.46. The summed E-state index contributed by atoms with van der Waals surface area (Å²) in [6.07, 6.45) is 7.54. The fraction of sp³-hybridized carbons (Fsp3) is 0.464. The van der Waals surface area contributed by atoms with Crippen LogP contribution in [0.1, 0.15) is 54.2 Å². The summed E-state index contributed by atoms with van der Waals surface area (Å²) >= 11 is 0. The molecule has 5 heterocycles. The number of nitrogens with two attached hydrogens (primary N) is 1. The summed E-state index contributed by atoms with van der Waals surface area (Å²) in [4.78, 5) is 20.3. The molecule has 2 N–H and O–H groups in total. The van der Waals surface area contributed by atoms with Gasteiger partial charge in [-0.25, -0.2) is 9.50 Å². The van der Waals surface area contributed by atoms with Crippen molar-refractivity contribution in [1.82, 2.24) is 24.1 Å². The first-order valence-corrected chi connectivity index (χ1v) is 13.1. The van der Waals surface area contributed by atoms with Gasteiger partial charge in [0.25, 0.3) is 5.91 Å². The highest BCUT2D eigenvalue weighted by Crippen LogP contribution is 2.38. The predicted molar refractivity (Wildman–Crippen MR) is 136 cm³/mol. The van der Waals surface area contributed by atoms with Crippen LogP contribution in [0.5, 0.6) is 0 Å². The summed E-state index contributed by atoms with van der Waals surface area (Å²) in [6, 6.07) is 10.8. The Morgan fingerprint density at radius 3 is 2.71 bits per heavy atom. The molecule has 2 aliphatic carbocycles. The number of fused-ring (bicyclic) bond motifs is 4. The first kappa shape index (κ1) is 21.1. The van der Waals surface area contributed by atoms with Crippen LogP contribution < -0.4 is 5.73 Å². The molecule has 1 saturated heterocycles. The number of carbonyl (C=O) groups excluding carboxylic acids is 1. The molecular formula is C28H32N6O. The number of amides is 1. The zero-order valence-electron chi connectivity index (χ0n) is 20.4. The molecule has 4 aromatic rings. The van der Waals surface area contributed by atoms with Crippen LogP contribution in [0.4, 0.5) is 0 Å². The van der Waals surface area contributed by atoms with Crippen molar-refractivity contribution in [3.05, 3.63) is 53.3 Å². The van der Waals surface area contributed by atoms with Gasteiger partial charge in [-0.05, 0) is 81.2 Å². The number of nitrogens with zero attached hydrogens (tertiary/aromatic N) is 5. The van der Waals surface area contributed by atoms with Crippen molar-refractivity contribution in [2.75, 3.05) is 6.54 Å². The molecule has 35 heavy (non-hydrogen) atoms. The summed E-state index contributed by atoms with van der Waals surface area (Å²) in [6.45, 7) is 6.03. The molecule has 2 saturated carbocycles. The average Bonchev–Trinajstić information content (AvgIpc) is 3.29. The molecule has 2 bridgehead atoms. The van der Waals surface area contributed by atoms with Crippen molar-refractivity contribution < 1.29 is 4.79 Å². The van der Waals surface area contributed by atoms with Crippen LogP contribution in [0, 0.1) is 18.8 Å². The van der Waals surface area contributed by atoms with Crippen molar-refractivity contribution in [2.24, 2.45) is 17.6 Å². The van der Waals surface area contributed by atoms with Gasteiger partial charge in [0.1, 0.15) is 11.3 Å². The van der Waals surface area contributed by atoms with Gasteiger partial charge in [-0.15, -0.1) is 0 Å². The molecule has 7 rings (SSSR count). The van der Waals surface area contributed by atoms with Crippen LogP contribution in [-0.2, 0) is 13.0 Å². The van der Waals surface area contributed by atoms with Gasteiger partial charge in [-0.3, -0.25) is 4.79 Å². The van der Waals surface area contributed by atoms with Crippen LogP contribution in [0.25, 0.3) is 27.9 Å². The minimum Gasteiger partial charge on any atom is -0.334 e. The molecule has 4 aromatic heterocycles. The number of aromatic nitrogens is 4.